The first-order chi connectivity index (χ1) is 18.4. The van der Waals surface area contributed by atoms with Gasteiger partial charge in [-0.15, -0.1) is 16.4 Å². The van der Waals surface area contributed by atoms with Crippen LogP contribution in [0.15, 0.2) is 54.9 Å². The number of benzene rings is 2. The first kappa shape index (κ1) is 24.8. The van der Waals surface area contributed by atoms with Crippen molar-refractivity contribution in [2.24, 2.45) is 0 Å². The van der Waals surface area contributed by atoms with E-state index in [0.717, 1.165) is 36.1 Å². The molecule has 0 atom stereocenters. The van der Waals surface area contributed by atoms with Crippen LogP contribution >= 0.6 is 11.3 Å². The van der Waals surface area contributed by atoms with Gasteiger partial charge in [0.25, 0.3) is 0 Å². The number of aryl methyl sites for hydroxylation is 2. The normalized spacial score (nSPS) is 14.4. The van der Waals surface area contributed by atoms with Gasteiger partial charge in [-0.3, -0.25) is 4.90 Å². The Hall–Kier alpha value is -3.49. The highest BCUT2D eigenvalue weighted by atomic mass is 32.1. The third-order valence-electron chi connectivity index (χ3n) is 7.34. The molecule has 0 spiro atoms. The maximum atomic E-state index is 13.4. The molecular formula is C30H32N4O3S. The highest BCUT2D eigenvalue weighted by Crippen LogP contribution is 2.37. The minimum atomic E-state index is -1.04. The molecule has 6 rings (SSSR count). The SMILES string of the molecule is CC(C)(O)c1ncc(CN(C(=O)OCc2ccccc2)c2ccn(-c3c4c(cc5c3CCC5)CCC4)n2)s1. The minimum absolute atomic E-state index is 0.175. The van der Waals surface area contributed by atoms with Gasteiger partial charge in [0.15, 0.2) is 5.82 Å². The Balaban J connectivity index is 1.33. The van der Waals surface area contributed by atoms with Gasteiger partial charge in [0.1, 0.15) is 17.2 Å². The first-order valence-corrected chi connectivity index (χ1v) is 14.1. The van der Waals surface area contributed by atoms with Crippen molar-refractivity contribution in [2.45, 2.75) is 71.1 Å². The standard InChI is InChI=1S/C30H32N4O3S/c1-30(2,36)28-31-17-23(38-28)18-33(29(35)37-19-20-8-4-3-5-9-20)26-14-15-34(32-26)27-24-12-6-10-21(24)16-22-11-7-13-25(22)27/h3-5,8-9,14-17,36H,6-7,10-13,18-19H2,1-2H3. The van der Waals surface area contributed by atoms with E-state index < -0.39 is 11.7 Å². The zero-order chi connectivity index (χ0) is 26.3. The van der Waals surface area contributed by atoms with E-state index >= 15 is 0 Å². The molecule has 4 aromatic rings. The lowest BCUT2D eigenvalue weighted by Gasteiger charge is -2.20. The highest BCUT2D eigenvalue weighted by Gasteiger charge is 2.28. The van der Waals surface area contributed by atoms with Crippen LogP contribution in [-0.4, -0.2) is 26.0 Å². The lowest BCUT2D eigenvalue weighted by Crippen LogP contribution is -2.31. The molecule has 0 bridgehead atoms. The molecule has 0 radical (unpaired) electrons. The summed E-state index contributed by atoms with van der Waals surface area (Å²) in [5.41, 5.74) is 6.77. The Morgan fingerprint density at radius 2 is 1.79 bits per heavy atom. The lowest BCUT2D eigenvalue weighted by atomic mass is 9.99. The predicted octanol–water partition coefficient (Wildman–Crippen LogP) is 5.88. The number of aliphatic hydroxyl groups is 1. The second-order valence-corrected chi connectivity index (χ2v) is 11.8. The van der Waals surface area contributed by atoms with Crippen LogP contribution in [0.25, 0.3) is 5.69 Å². The Kier molecular flexibility index (Phi) is 6.53. The van der Waals surface area contributed by atoms with Crippen LogP contribution in [0.1, 0.15) is 64.4 Å². The van der Waals surface area contributed by atoms with Gasteiger partial charge in [-0.05, 0) is 80.2 Å². The molecule has 0 saturated carbocycles. The fourth-order valence-corrected chi connectivity index (χ4v) is 6.40. The smallest absolute Gasteiger partial charge is 0.416 e. The number of anilines is 1. The number of rotatable bonds is 7. The molecular weight excluding hydrogens is 496 g/mol. The van der Waals surface area contributed by atoms with Gasteiger partial charge in [-0.25, -0.2) is 14.5 Å². The molecule has 8 heteroatoms. The molecule has 196 valence electrons. The topological polar surface area (TPSA) is 80.5 Å². The number of nitrogens with zero attached hydrogens (tertiary/aromatic N) is 4. The summed E-state index contributed by atoms with van der Waals surface area (Å²) < 4.78 is 7.69. The number of thiazole rings is 1. The maximum absolute atomic E-state index is 13.4. The van der Waals surface area contributed by atoms with Crippen molar-refractivity contribution in [1.29, 1.82) is 0 Å². The van der Waals surface area contributed by atoms with Gasteiger partial charge in [-0.2, -0.15) is 0 Å². The monoisotopic (exact) mass is 528 g/mol. The molecule has 0 fully saturated rings. The van der Waals surface area contributed by atoms with E-state index in [0.29, 0.717) is 10.8 Å². The minimum Gasteiger partial charge on any atom is -0.444 e. The second-order valence-electron chi connectivity index (χ2n) is 10.6. The average molecular weight is 529 g/mol. The molecule has 0 unspecified atom stereocenters. The largest absolute Gasteiger partial charge is 0.444 e. The molecule has 0 saturated heterocycles. The molecule has 2 heterocycles. The van der Waals surface area contributed by atoms with Crippen molar-refractivity contribution in [3.8, 4) is 5.69 Å². The van der Waals surface area contributed by atoms with E-state index in [9.17, 15) is 9.90 Å². The Bertz CT molecular complexity index is 1440. The molecule has 2 aliphatic carbocycles. The molecule has 0 aliphatic heterocycles. The van der Waals surface area contributed by atoms with Crippen LogP contribution in [0, 0.1) is 0 Å². The van der Waals surface area contributed by atoms with Crippen LogP contribution in [0.3, 0.4) is 0 Å². The molecule has 38 heavy (non-hydrogen) atoms. The van der Waals surface area contributed by atoms with Gasteiger partial charge >= 0.3 is 6.09 Å². The number of amides is 1. The molecule has 1 N–H and O–H groups in total. The number of carbonyl (C=O) groups excluding carboxylic acids is 1. The van der Waals surface area contributed by atoms with E-state index in [2.05, 4.69) is 11.1 Å². The summed E-state index contributed by atoms with van der Waals surface area (Å²) >= 11 is 1.39. The van der Waals surface area contributed by atoms with Crippen LogP contribution in [0.5, 0.6) is 0 Å². The molecule has 2 aromatic heterocycles. The number of carbonyl (C=O) groups is 1. The Morgan fingerprint density at radius 1 is 1.08 bits per heavy atom. The molecule has 2 aliphatic rings. The van der Waals surface area contributed by atoms with Crippen LogP contribution < -0.4 is 4.90 Å². The summed E-state index contributed by atoms with van der Waals surface area (Å²) in [7, 11) is 0. The van der Waals surface area contributed by atoms with E-state index in [1.807, 2.05) is 47.3 Å². The third-order valence-corrected chi connectivity index (χ3v) is 8.63. The number of ether oxygens (including phenoxy) is 1. The van der Waals surface area contributed by atoms with Crippen molar-refractivity contribution < 1.29 is 14.6 Å². The fourth-order valence-electron chi connectivity index (χ4n) is 5.50. The van der Waals surface area contributed by atoms with Crippen molar-refractivity contribution in [3.05, 3.63) is 92.6 Å². The van der Waals surface area contributed by atoms with E-state index in [-0.39, 0.29) is 13.2 Å². The molecule has 7 nitrogen and oxygen atoms in total. The van der Waals surface area contributed by atoms with Crippen LogP contribution in [0.4, 0.5) is 10.6 Å². The number of aromatic nitrogens is 3. The predicted molar refractivity (Wildman–Crippen MR) is 148 cm³/mol. The summed E-state index contributed by atoms with van der Waals surface area (Å²) in [5.74, 6) is 0.531. The van der Waals surface area contributed by atoms with Gasteiger partial charge in [0.2, 0.25) is 0 Å². The maximum Gasteiger partial charge on any atom is 0.416 e. The van der Waals surface area contributed by atoms with Gasteiger partial charge in [-0.1, -0.05) is 36.4 Å². The summed E-state index contributed by atoms with van der Waals surface area (Å²) in [4.78, 5) is 20.2. The quantitative estimate of drug-likeness (QED) is 0.324. The van der Waals surface area contributed by atoms with Gasteiger partial charge in [0.05, 0.1) is 12.2 Å². The average Bonchev–Trinajstić information content (AvgIpc) is 3.71. The van der Waals surface area contributed by atoms with Gasteiger partial charge < -0.3 is 9.84 Å². The lowest BCUT2D eigenvalue weighted by molar-refractivity contribution is 0.0783. The number of hydrogen-bond acceptors (Lipinski definition) is 6. The Labute approximate surface area is 226 Å². The summed E-state index contributed by atoms with van der Waals surface area (Å²) in [6, 6.07) is 14.0. The van der Waals surface area contributed by atoms with Gasteiger partial charge in [0, 0.05) is 23.3 Å². The Morgan fingerprint density at radius 3 is 2.45 bits per heavy atom. The zero-order valence-corrected chi connectivity index (χ0v) is 22.6. The van der Waals surface area contributed by atoms with Crippen molar-refractivity contribution in [3.63, 3.8) is 0 Å². The van der Waals surface area contributed by atoms with Crippen molar-refractivity contribution in [2.75, 3.05) is 4.90 Å². The summed E-state index contributed by atoms with van der Waals surface area (Å²) in [6.45, 7) is 3.84. The van der Waals surface area contributed by atoms with Crippen LogP contribution in [0.2, 0.25) is 0 Å². The number of fused-ring (bicyclic) bond motifs is 2. The zero-order valence-electron chi connectivity index (χ0n) is 21.8. The molecule has 2 aromatic carbocycles. The van der Waals surface area contributed by atoms with Crippen molar-refractivity contribution in [1.82, 2.24) is 14.8 Å². The highest BCUT2D eigenvalue weighted by molar-refractivity contribution is 7.11. The fraction of sp³-hybridized carbons (Fsp3) is 0.367. The summed E-state index contributed by atoms with van der Waals surface area (Å²) in [6.07, 6.45) is 9.93. The first-order valence-electron chi connectivity index (χ1n) is 13.2. The molecule has 1 amide bonds. The third kappa shape index (κ3) is 4.86. The van der Waals surface area contributed by atoms with E-state index in [1.54, 1.807) is 24.9 Å². The van der Waals surface area contributed by atoms with Crippen LogP contribution in [-0.2, 0) is 49.2 Å². The second kappa shape index (κ2) is 10.0. The number of hydrogen-bond donors (Lipinski definition) is 1. The van der Waals surface area contributed by atoms with E-state index in [1.165, 1.54) is 52.1 Å². The van der Waals surface area contributed by atoms with Crippen molar-refractivity contribution >= 4 is 23.2 Å². The van der Waals surface area contributed by atoms with E-state index in [4.69, 9.17) is 9.84 Å². The summed E-state index contributed by atoms with van der Waals surface area (Å²) in [5, 5.41) is 15.9.